The molecule has 0 aliphatic heterocycles. The van der Waals surface area contributed by atoms with Crippen molar-refractivity contribution in [1.29, 1.82) is 0 Å². The van der Waals surface area contributed by atoms with E-state index in [1.165, 1.54) is 6.92 Å². The second kappa shape index (κ2) is 4.94. The van der Waals surface area contributed by atoms with Crippen LogP contribution >= 0.6 is 0 Å². The molecular formula is C7H13N5O3S. The fraction of sp³-hybridized carbons (Fsp3) is 0.429. The second-order valence-electron chi connectivity index (χ2n) is 3.03. The molecule has 16 heavy (non-hydrogen) atoms. The van der Waals surface area contributed by atoms with Gasteiger partial charge in [-0.25, -0.2) is 13.1 Å². The molecule has 0 atom stereocenters. The van der Waals surface area contributed by atoms with E-state index >= 15 is 0 Å². The number of nitrogens with zero attached hydrogens (tertiary/aromatic N) is 1. The van der Waals surface area contributed by atoms with E-state index in [1.54, 1.807) is 0 Å². The van der Waals surface area contributed by atoms with E-state index in [0.29, 0.717) is 0 Å². The maximum Gasteiger partial charge on any atom is 0.245 e. The zero-order chi connectivity index (χ0) is 12.2. The lowest BCUT2D eigenvalue weighted by molar-refractivity contribution is -0.118. The molecule has 1 amide bonds. The monoisotopic (exact) mass is 247 g/mol. The van der Waals surface area contributed by atoms with E-state index in [2.05, 4.69) is 20.2 Å². The van der Waals surface area contributed by atoms with Gasteiger partial charge < -0.3 is 11.1 Å². The van der Waals surface area contributed by atoms with Crippen molar-refractivity contribution in [2.45, 2.75) is 11.8 Å². The van der Waals surface area contributed by atoms with Crippen LogP contribution in [0.1, 0.15) is 6.92 Å². The minimum absolute atomic E-state index is 0.0213. The standard InChI is InChI=1S/C7H13N5O3S/c1-5(13)9-2-3-11-16(14,15)6-4-10-12-7(6)8/h4,11H,2-3H2,1H3,(H,9,13)(H3,8,10,12). The smallest absolute Gasteiger partial charge is 0.245 e. The molecule has 90 valence electrons. The Labute approximate surface area is 92.7 Å². The van der Waals surface area contributed by atoms with Crippen LogP contribution in [-0.2, 0) is 14.8 Å². The second-order valence-corrected chi connectivity index (χ2v) is 4.76. The van der Waals surface area contributed by atoms with Gasteiger partial charge in [-0.1, -0.05) is 0 Å². The SMILES string of the molecule is CC(=O)NCCNS(=O)(=O)c1cn[nH]c1N. The topological polar surface area (TPSA) is 130 Å². The van der Waals surface area contributed by atoms with Crippen LogP contribution in [0.15, 0.2) is 11.1 Å². The third-order valence-electron chi connectivity index (χ3n) is 1.71. The van der Waals surface area contributed by atoms with Gasteiger partial charge in [-0.2, -0.15) is 5.10 Å². The molecule has 0 unspecified atom stereocenters. The number of nitrogens with two attached hydrogens (primary N) is 1. The van der Waals surface area contributed by atoms with Gasteiger partial charge >= 0.3 is 0 Å². The molecule has 0 spiro atoms. The quantitative estimate of drug-likeness (QED) is 0.466. The molecule has 0 aromatic carbocycles. The highest BCUT2D eigenvalue weighted by Crippen LogP contribution is 2.12. The Kier molecular flexibility index (Phi) is 3.85. The molecule has 1 rings (SSSR count). The van der Waals surface area contributed by atoms with Crippen molar-refractivity contribution in [2.75, 3.05) is 18.8 Å². The summed E-state index contributed by atoms with van der Waals surface area (Å²) in [5, 5.41) is 8.29. The third-order valence-corrected chi connectivity index (χ3v) is 3.20. The molecule has 0 fully saturated rings. The Balaban J connectivity index is 2.54. The number of nitrogens with one attached hydrogen (secondary N) is 3. The number of amides is 1. The predicted molar refractivity (Wildman–Crippen MR) is 56.9 cm³/mol. The molecule has 1 heterocycles. The summed E-state index contributed by atoms with van der Waals surface area (Å²) in [6, 6.07) is 0. The highest BCUT2D eigenvalue weighted by atomic mass is 32.2. The van der Waals surface area contributed by atoms with Crippen molar-refractivity contribution in [3.8, 4) is 0 Å². The first-order valence-electron chi connectivity index (χ1n) is 4.46. The number of sulfonamides is 1. The largest absolute Gasteiger partial charge is 0.383 e. The molecule has 0 aliphatic rings. The van der Waals surface area contributed by atoms with Crippen molar-refractivity contribution in [1.82, 2.24) is 20.2 Å². The van der Waals surface area contributed by atoms with Crippen LogP contribution in [0.3, 0.4) is 0 Å². The normalized spacial score (nSPS) is 11.3. The van der Waals surface area contributed by atoms with E-state index in [9.17, 15) is 13.2 Å². The van der Waals surface area contributed by atoms with Crippen molar-refractivity contribution >= 4 is 21.7 Å². The third kappa shape index (κ3) is 3.21. The Morgan fingerprint density at radius 1 is 1.56 bits per heavy atom. The van der Waals surface area contributed by atoms with Gasteiger partial charge in [0.25, 0.3) is 0 Å². The average molecular weight is 247 g/mol. The number of aromatic nitrogens is 2. The highest BCUT2D eigenvalue weighted by Gasteiger charge is 2.18. The van der Waals surface area contributed by atoms with E-state index in [-0.39, 0.29) is 29.7 Å². The van der Waals surface area contributed by atoms with Crippen LogP contribution in [-0.4, -0.2) is 37.6 Å². The number of carbonyl (C=O) groups excluding carboxylic acids is 1. The van der Waals surface area contributed by atoms with Gasteiger partial charge in [-0.3, -0.25) is 9.89 Å². The van der Waals surface area contributed by atoms with Gasteiger partial charge in [0, 0.05) is 20.0 Å². The van der Waals surface area contributed by atoms with E-state index in [0.717, 1.165) is 6.20 Å². The summed E-state index contributed by atoms with van der Waals surface area (Å²) in [5.74, 6) is -0.242. The fourth-order valence-corrected chi connectivity index (χ4v) is 2.05. The van der Waals surface area contributed by atoms with Crippen LogP contribution < -0.4 is 15.8 Å². The number of hydrogen-bond acceptors (Lipinski definition) is 5. The van der Waals surface area contributed by atoms with Crippen molar-refractivity contribution in [3.63, 3.8) is 0 Å². The lowest BCUT2D eigenvalue weighted by Crippen LogP contribution is -2.33. The number of anilines is 1. The van der Waals surface area contributed by atoms with E-state index in [4.69, 9.17) is 5.73 Å². The lowest BCUT2D eigenvalue weighted by Gasteiger charge is -2.05. The molecule has 1 aromatic heterocycles. The highest BCUT2D eigenvalue weighted by molar-refractivity contribution is 7.89. The lowest BCUT2D eigenvalue weighted by atomic mass is 10.6. The summed E-state index contributed by atoms with van der Waals surface area (Å²) in [7, 11) is -3.67. The van der Waals surface area contributed by atoms with Crippen molar-refractivity contribution in [3.05, 3.63) is 6.20 Å². The molecule has 8 nitrogen and oxygen atoms in total. The first-order chi connectivity index (χ1) is 7.43. The number of carbonyl (C=O) groups is 1. The van der Waals surface area contributed by atoms with E-state index in [1.807, 2.05) is 0 Å². The van der Waals surface area contributed by atoms with Crippen LogP contribution in [0.2, 0.25) is 0 Å². The van der Waals surface area contributed by atoms with Crippen LogP contribution in [0.25, 0.3) is 0 Å². The number of nitrogen functional groups attached to an aromatic ring is 1. The van der Waals surface area contributed by atoms with Gasteiger partial charge in [0.05, 0.1) is 6.20 Å². The number of rotatable bonds is 5. The molecule has 0 bridgehead atoms. The molecule has 0 radical (unpaired) electrons. The summed E-state index contributed by atoms with van der Waals surface area (Å²) in [6.07, 6.45) is 1.12. The van der Waals surface area contributed by atoms with Gasteiger partial charge in [0.1, 0.15) is 10.7 Å². The average Bonchev–Trinajstić information content (AvgIpc) is 2.59. The van der Waals surface area contributed by atoms with Crippen LogP contribution in [0.4, 0.5) is 5.82 Å². The molecule has 0 saturated heterocycles. The molecule has 1 aromatic rings. The summed E-state index contributed by atoms with van der Waals surface area (Å²) >= 11 is 0. The summed E-state index contributed by atoms with van der Waals surface area (Å²) in [4.78, 5) is 10.4. The maximum atomic E-state index is 11.6. The Morgan fingerprint density at radius 3 is 2.75 bits per heavy atom. The zero-order valence-electron chi connectivity index (χ0n) is 8.65. The van der Waals surface area contributed by atoms with Crippen molar-refractivity contribution < 1.29 is 13.2 Å². The molecule has 5 N–H and O–H groups in total. The maximum absolute atomic E-state index is 11.6. The van der Waals surface area contributed by atoms with Gasteiger partial charge in [-0.05, 0) is 0 Å². The zero-order valence-corrected chi connectivity index (χ0v) is 9.47. The van der Waals surface area contributed by atoms with Gasteiger partial charge in [-0.15, -0.1) is 0 Å². The molecule has 0 saturated carbocycles. The minimum Gasteiger partial charge on any atom is -0.383 e. The minimum atomic E-state index is -3.67. The Bertz CT molecular complexity index is 466. The van der Waals surface area contributed by atoms with Gasteiger partial charge in [0.15, 0.2) is 0 Å². The summed E-state index contributed by atoms with van der Waals surface area (Å²) in [5.41, 5.74) is 5.37. The molecule has 9 heteroatoms. The first kappa shape index (κ1) is 12.5. The Morgan fingerprint density at radius 2 is 2.25 bits per heavy atom. The van der Waals surface area contributed by atoms with Crippen LogP contribution in [0, 0.1) is 0 Å². The fourth-order valence-electron chi connectivity index (χ4n) is 1.00. The molecular weight excluding hydrogens is 234 g/mol. The van der Waals surface area contributed by atoms with Crippen molar-refractivity contribution in [2.24, 2.45) is 0 Å². The van der Waals surface area contributed by atoms with Gasteiger partial charge in [0.2, 0.25) is 15.9 Å². The first-order valence-corrected chi connectivity index (χ1v) is 5.95. The predicted octanol–water partition coefficient (Wildman–Crippen LogP) is -1.59. The van der Waals surface area contributed by atoms with E-state index < -0.39 is 10.0 Å². The summed E-state index contributed by atoms with van der Waals surface area (Å²) in [6.45, 7) is 1.65. The van der Waals surface area contributed by atoms with Crippen LogP contribution in [0.5, 0.6) is 0 Å². The number of H-pyrrole nitrogens is 1. The number of aromatic amines is 1. The summed E-state index contributed by atoms with van der Waals surface area (Å²) < 4.78 is 25.5. The number of hydrogen-bond donors (Lipinski definition) is 4. The molecule has 0 aliphatic carbocycles. The Hall–Kier alpha value is -1.61.